The fraction of sp³-hybridized carbons (Fsp3) is 0.263. The van der Waals surface area contributed by atoms with Crippen LogP contribution < -0.4 is 0 Å². The molecule has 2 nitrogen and oxygen atoms in total. The Balaban J connectivity index is 2.21. The summed E-state index contributed by atoms with van der Waals surface area (Å²) in [6.07, 6.45) is 1.22. The van der Waals surface area contributed by atoms with Gasteiger partial charge < -0.3 is 0 Å². The van der Waals surface area contributed by atoms with Gasteiger partial charge in [-0.25, -0.2) is 0 Å². The number of carbonyl (C=O) groups is 2. The largest absolute Gasteiger partial charge is 0.290 e. The van der Waals surface area contributed by atoms with E-state index in [9.17, 15) is 9.59 Å². The average Bonchev–Trinajstić information content (AvgIpc) is 2.54. The zero-order chi connectivity index (χ0) is 16.1. The third kappa shape index (κ3) is 3.83. The summed E-state index contributed by atoms with van der Waals surface area (Å²) in [6.45, 7) is 3.75. The second-order valence-corrected chi connectivity index (χ2v) is 5.88. The Morgan fingerprint density at radius 2 is 1.77 bits per heavy atom. The topological polar surface area (TPSA) is 34.1 Å². The second kappa shape index (κ2) is 7.37. The maximum atomic E-state index is 12.5. The van der Waals surface area contributed by atoms with Crippen LogP contribution in [0.4, 0.5) is 0 Å². The molecule has 0 aliphatic heterocycles. The molecule has 0 radical (unpaired) electrons. The van der Waals surface area contributed by atoms with Crippen LogP contribution in [0.2, 0.25) is 5.02 Å². The van der Waals surface area contributed by atoms with Crippen molar-refractivity contribution >= 4 is 23.2 Å². The first kappa shape index (κ1) is 16.4. The van der Waals surface area contributed by atoms with Crippen LogP contribution in [0.1, 0.15) is 34.8 Å². The number of benzene rings is 2. The van der Waals surface area contributed by atoms with Crippen molar-refractivity contribution in [3.05, 3.63) is 70.2 Å². The Morgan fingerprint density at radius 3 is 2.41 bits per heavy atom. The first-order valence-corrected chi connectivity index (χ1v) is 7.79. The van der Waals surface area contributed by atoms with Gasteiger partial charge in [0.05, 0.1) is 0 Å². The van der Waals surface area contributed by atoms with Crippen LogP contribution in [-0.4, -0.2) is 11.6 Å². The third-order valence-electron chi connectivity index (χ3n) is 3.86. The van der Waals surface area contributed by atoms with Crippen molar-refractivity contribution in [1.82, 2.24) is 0 Å². The maximum Gasteiger partial charge on any atom is 0.229 e. The van der Waals surface area contributed by atoms with E-state index in [1.165, 1.54) is 0 Å². The molecule has 1 atom stereocenters. The Bertz CT molecular complexity index is 677. The summed E-state index contributed by atoms with van der Waals surface area (Å²) < 4.78 is 0. The molecule has 22 heavy (non-hydrogen) atoms. The van der Waals surface area contributed by atoms with Crippen molar-refractivity contribution in [1.29, 1.82) is 0 Å². The SMILES string of the molecule is CCC(Cc1ccccc1)C(=O)C(=O)c1cc(Cl)ccc1C. The van der Waals surface area contributed by atoms with Gasteiger partial charge >= 0.3 is 0 Å². The molecule has 2 rings (SSSR count). The van der Waals surface area contributed by atoms with Gasteiger partial charge in [0.2, 0.25) is 11.6 Å². The zero-order valence-corrected chi connectivity index (χ0v) is 13.6. The lowest BCUT2D eigenvalue weighted by Crippen LogP contribution is -2.26. The van der Waals surface area contributed by atoms with Crippen LogP contribution in [0.25, 0.3) is 0 Å². The molecule has 0 heterocycles. The van der Waals surface area contributed by atoms with Crippen LogP contribution in [0.3, 0.4) is 0 Å². The molecule has 0 amide bonds. The highest BCUT2D eigenvalue weighted by atomic mass is 35.5. The predicted molar refractivity (Wildman–Crippen MR) is 89.5 cm³/mol. The summed E-state index contributed by atoms with van der Waals surface area (Å²) in [5.41, 5.74) is 2.25. The predicted octanol–water partition coefficient (Wildman–Crippen LogP) is 4.67. The minimum Gasteiger partial charge on any atom is -0.290 e. The summed E-state index contributed by atoms with van der Waals surface area (Å²) in [6, 6.07) is 14.8. The van der Waals surface area contributed by atoms with Gasteiger partial charge in [0.1, 0.15) is 0 Å². The first-order chi connectivity index (χ1) is 10.5. The standard InChI is InChI=1S/C19H19ClO2/c1-3-15(11-14-7-5-4-6-8-14)18(21)19(22)17-12-16(20)10-9-13(17)2/h4-10,12,15H,3,11H2,1-2H3. The molecule has 2 aromatic rings. The highest BCUT2D eigenvalue weighted by Crippen LogP contribution is 2.20. The molecule has 0 N–H and O–H groups in total. The summed E-state index contributed by atoms with van der Waals surface area (Å²) in [7, 11) is 0. The smallest absolute Gasteiger partial charge is 0.229 e. The number of carbonyl (C=O) groups excluding carboxylic acids is 2. The van der Waals surface area contributed by atoms with Gasteiger partial charge in [-0.1, -0.05) is 54.9 Å². The third-order valence-corrected chi connectivity index (χ3v) is 4.09. The molecule has 0 saturated carbocycles. The van der Waals surface area contributed by atoms with Gasteiger partial charge in [-0.15, -0.1) is 0 Å². The van der Waals surface area contributed by atoms with Crippen molar-refractivity contribution in [3.8, 4) is 0 Å². The Hall–Kier alpha value is -1.93. The van der Waals surface area contributed by atoms with E-state index in [0.29, 0.717) is 23.4 Å². The van der Waals surface area contributed by atoms with E-state index in [2.05, 4.69) is 0 Å². The summed E-state index contributed by atoms with van der Waals surface area (Å²) in [5.74, 6) is -1.08. The van der Waals surface area contributed by atoms with Gasteiger partial charge in [-0.3, -0.25) is 9.59 Å². The van der Waals surface area contributed by atoms with Crippen molar-refractivity contribution in [2.45, 2.75) is 26.7 Å². The van der Waals surface area contributed by atoms with Gasteiger partial charge in [0.25, 0.3) is 0 Å². The van der Waals surface area contributed by atoms with E-state index in [1.54, 1.807) is 18.2 Å². The van der Waals surface area contributed by atoms with Crippen LogP contribution in [-0.2, 0) is 11.2 Å². The molecular formula is C19H19ClO2. The lowest BCUT2D eigenvalue weighted by Gasteiger charge is -2.14. The van der Waals surface area contributed by atoms with Gasteiger partial charge in [0.15, 0.2) is 0 Å². The van der Waals surface area contributed by atoms with Crippen LogP contribution >= 0.6 is 11.6 Å². The number of rotatable bonds is 6. The van der Waals surface area contributed by atoms with Gasteiger partial charge in [-0.2, -0.15) is 0 Å². The van der Waals surface area contributed by atoms with Crippen molar-refractivity contribution in [2.24, 2.45) is 5.92 Å². The summed E-state index contributed by atoms with van der Waals surface area (Å²) >= 11 is 5.95. The van der Waals surface area contributed by atoms with Crippen molar-refractivity contribution in [2.75, 3.05) is 0 Å². The molecule has 0 bridgehead atoms. The van der Waals surface area contributed by atoms with Crippen molar-refractivity contribution in [3.63, 3.8) is 0 Å². The van der Waals surface area contributed by atoms with E-state index >= 15 is 0 Å². The number of halogens is 1. The molecule has 0 fully saturated rings. The maximum absolute atomic E-state index is 12.5. The normalized spacial score (nSPS) is 12.0. The molecule has 0 aliphatic rings. The second-order valence-electron chi connectivity index (χ2n) is 5.45. The molecule has 0 saturated heterocycles. The van der Waals surface area contributed by atoms with E-state index in [-0.39, 0.29) is 11.7 Å². The molecule has 114 valence electrons. The average molecular weight is 315 g/mol. The minimum atomic E-state index is -0.442. The van der Waals surface area contributed by atoms with E-state index in [1.807, 2.05) is 44.2 Å². The zero-order valence-electron chi connectivity index (χ0n) is 12.8. The quantitative estimate of drug-likeness (QED) is 0.573. The molecule has 1 unspecified atom stereocenters. The van der Waals surface area contributed by atoms with Crippen LogP contribution in [0, 0.1) is 12.8 Å². The lowest BCUT2D eigenvalue weighted by atomic mass is 9.88. The van der Waals surface area contributed by atoms with Crippen molar-refractivity contribution < 1.29 is 9.59 Å². The highest BCUT2D eigenvalue weighted by Gasteiger charge is 2.26. The van der Waals surface area contributed by atoms with Gasteiger partial charge in [-0.05, 0) is 43.0 Å². The highest BCUT2D eigenvalue weighted by molar-refractivity contribution is 6.45. The minimum absolute atomic E-state index is 0.298. The number of hydrogen-bond donors (Lipinski definition) is 0. The Labute approximate surface area is 136 Å². The Kier molecular flexibility index (Phi) is 5.51. The Morgan fingerprint density at radius 1 is 1.09 bits per heavy atom. The van der Waals surface area contributed by atoms with E-state index in [0.717, 1.165) is 11.1 Å². The molecule has 0 aromatic heterocycles. The monoisotopic (exact) mass is 314 g/mol. The molecule has 2 aromatic carbocycles. The molecule has 3 heteroatoms. The molecular weight excluding hydrogens is 296 g/mol. The fourth-order valence-electron chi connectivity index (χ4n) is 2.48. The van der Waals surface area contributed by atoms with Crippen LogP contribution in [0.15, 0.2) is 48.5 Å². The molecule has 0 aliphatic carbocycles. The summed E-state index contributed by atoms with van der Waals surface area (Å²) in [5, 5.41) is 0.470. The number of aryl methyl sites for hydroxylation is 1. The van der Waals surface area contributed by atoms with Gasteiger partial charge in [0, 0.05) is 16.5 Å². The number of hydrogen-bond acceptors (Lipinski definition) is 2. The van der Waals surface area contributed by atoms with E-state index < -0.39 is 5.78 Å². The summed E-state index contributed by atoms with van der Waals surface area (Å²) in [4.78, 5) is 25.1. The number of ketones is 2. The lowest BCUT2D eigenvalue weighted by molar-refractivity contribution is -0.118. The van der Waals surface area contributed by atoms with E-state index in [4.69, 9.17) is 11.6 Å². The fourth-order valence-corrected chi connectivity index (χ4v) is 2.65. The number of Topliss-reactive ketones (excluding diaryl/α,β-unsaturated/α-hetero) is 2. The van der Waals surface area contributed by atoms with Crippen LogP contribution in [0.5, 0.6) is 0 Å². The molecule has 0 spiro atoms. The first-order valence-electron chi connectivity index (χ1n) is 7.41.